The summed E-state index contributed by atoms with van der Waals surface area (Å²) in [4.78, 5) is 15.2. The maximum atomic E-state index is 13.8. The molecule has 1 saturated carbocycles. The van der Waals surface area contributed by atoms with Crippen molar-refractivity contribution in [2.45, 2.75) is 50.6 Å². The molecule has 2 heterocycles. The molecule has 14 heteroatoms. The maximum Gasteiger partial charge on any atom is 0.511 e. The average molecular weight is 640 g/mol. The number of benzene rings is 2. The number of hydrogen-bond acceptors (Lipinski definition) is 5. The average Bonchev–Trinajstić information content (AvgIpc) is 3.40. The van der Waals surface area contributed by atoms with Gasteiger partial charge in [0.15, 0.2) is 17.3 Å². The van der Waals surface area contributed by atoms with Crippen LogP contribution in [0.4, 0.5) is 31.1 Å². The first-order valence-corrected chi connectivity index (χ1v) is 13.8. The molecule has 5 rings (SSSR count). The molecule has 0 spiro atoms. The molecule has 0 atom stereocenters. The van der Waals surface area contributed by atoms with Crippen LogP contribution in [-0.4, -0.2) is 32.2 Å². The molecule has 44 heavy (non-hydrogen) atoms. The second kappa shape index (κ2) is 12.4. The Labute approximate surface area is 252 Å². The van der Waals surface area contributed by atoms with Crippen molar-refractivity contribution in [2.75, 3.05) is 0 Å². The highest BCUT2D eigenvalue weighted by Crippen LogP contribution is 2.43. The molecule has 7 nitrogen and oxygen atoms in total. The number of aromatic nitrogens is 3. The fraction of sp³-hybridized carbons (Fsp3) is 0.300. The SMILES string of the molecule is O=C(O)Oc1cnn(-c2cccc(-c3cc(Cl)ccc3OCc3ccc([C@H]4CC[C@H](C(F)(F)F)CC4)cc3)n2)c1C(F)(F)F. The van der Waals surface area contributed by atoms with Gasteiger partial charge < -0.3 is 14.6 Å². The Bertz CT molecular complexity index is 1630. The smallest absolute Gasteiger partial charge is 0.488 e. The molecule has 1 N–H and O–H groups in total. The van der Waals surface area contributed by atoms with E-state index in [9.17, 15) is 31.1 Å². The molecule has 4 aromatic rings. The van der Waals surface area contributed by atoms with Gasteiger partial charge in [-0.05, 0) is 73.1 Å². The lowest BCUT2D eigenvalue weighted by Gasteiger charge is -2.30. The number of alkyl halides is 6. The summed E-state index contributed by atoms with van der Waals surface area (Å²) in [6, 6.07) is 16.4. The van der Waals surface area contributed by atoms with Crippen molar-refractivity contribution in [3.63, 3.8) is 0 Å². The zero-order chi connectivity index (χ0) is 31.6. The van der Waals surface area contributed by atoms with E-state index in [0.717, 1.165) is 11.1 Å². The lowest BCUT2D eigenvalue weighted by Crippen LogP contribution is -2.27. The van der Waals surface area contributed by atoms with Crippen molar-refractivity contribution in [3.05, 3.63) is 88.7 Å². The Morgan fingerprint density at radius 2 is 1.66 bits per heavy atom. The fourth-order valence-electron chi connectivity index (χ4n) is 5.26. The van der Waals surface area contributed by atoms with E-state index in [0.29, 0.717) is 40.1 Å². The van der Waals surface area contributed by atoms with Gasteiger partial charge in [0.2, 0.25) is 0 Å². The molecule has 2 aromatic carbocycles. The third-order valence-electron chi connectivity index (χ3n) is 7.41. The normalized spacial score (nSPS) is 17.3. The summed E-state index contributed by atoms with van der Waals surface area (Å²) in [6.07, 6.45) is -9.30. The number of nitrogens with zero attached hydrogens (tertiary/aromatic N) is 3. The van der Waals surface area contributed by atoms with E-state index in [1.807, 2.05) is 24.3 Å². The summed E-state index contributed by atoms with van der Waals surface area (Å²) in [6.45, 7) is 0.114. The van der Waals surface area contributed by atoms with Crippen molar-refractivity contribution in [2.24, 2.45) is 5.92 Å². The van der Waals surface area contributed by atoms with Crippen molar-refractivity contribution in [3.8, 4) is 28.6 Å². The summed E-state index contributed by atoms with van der Waals surface area (Å²) in [5.74, 6) is -2.11. The van der Waals surface area contributed by atoms with Crippen LogP contribution in [0.2, 0.25) is 5.02 Å². The molecular weight excluding hydrogens is 616 g/mol. The topological polar surface area (TPSA) is 86.5 Å². The van der Waals surface area contributed by atoms with Crippen LogP contribution in [0, 0.1) is 5.92 Å². The van der Waals surface area contributed by atoms with Crippen molar-refractivity contribution < 1.29 is 45.7 Å². The van der Waals surface area contributed by atoms with Crippen LogP contribution in [0.3, 0.4) is 0 Å². The predicted octanol–water partition coefficient (Wildman–Crippen LogP) is 9.08. The number of carbonyl (C=O) groups is 1. The number of rotatable bonds is 7. The standard InChI is InChI=1S/C30H24ClF6N3O4/c31-21-12-13-24(43-16-17-4-6-18(7-5-17)19-8-10-20(11-9-19)29(32,33)34)22(14-21)23-2-1-3-26(39-23)40-27(30(35,36)37)25(15-38-40)44-28(41)42/h1-7,12-15,19-20H,8-11,16H2,(H,41,42)/t19-,20-. The van der Waals surface area contributed by atoms with E-state index in [1.54, 1.807) is 12.1 Å². The van der Waals surface area contributed by atoms with Crippen LogP contribution in [0.1, 0.15) is 48.4 Å². The van der Waals surface area contributed by atoms with Crippen molar-refractivity contribution in [1.29, 1.82) is 0 Å². The quantitative estimate of drug-likeness (QED) is 0.160. The molecule has 232 valence electrons. The summed E-state index contributed by atoms with van der Waals surface area (Å²) in [5, 5.41) is 12.8. The Balaban J connectivity index is 1.34. The Hall–Kier alpha value is -4.26. The number of halogens is 7. The van der Waals surface area contributed by atoms with Crippen LogP contribution < -0.4 is 9.47 Å². The van der Waals surface area contributed by atoms with Gasteiger partial charge in [-0.3, -0.25) is 0 Å². The van der Waals surface area contributed by atoms with Crippen LogP contribution in [0.5, 0.6) is 11.5 Å². The van der Waals surface area contributed by atoms with E-state index < -0.39 is 35.9 Å². The van der Waals surface area contributed by atoms with Gasteiger partial charge in [0, 0.05) is 10.6 Å². The molecule has 1 aliphatic carbocycles. The first kappa shape index (κ1) is 31.2. The minimum absolute atomic E-state index is 0.0594. The molecule has 0 saturated heterocycles. The Morgan fingerprint density at radius 3 is 2.30 bits per heavy atom. The van der Waals surface area contributed by atoms with Crippen molar-refractivity contribution in [1.82, 2.24) is 14.8 Å². The monoisotopic (exact) mass is 639 g/mol. The van der Waals surface area contributed by atoms with E-state index >= 15 is 0 Å². The van der Waals surface area contributed by atoms with E-state index in [2.05, 4.69) is 14.8 Å². The second-order valence-corrected chi connectivity index (χ2v) is 10.7. The lowest BCUT2D eigenvalue weighted by atomic mass is 9.78. The highest BCUT2D eigenvalue weighted by atomic mass is 35.5. The van der Waals surface area contributed by atoms with Gasteiger partial charge in [-0.2, -0.15) is 31.4 Å². The van der Waals surface area contributed by atoms with Gasteiger partial charge >= 0.3 is 18.5 Å². The van der Waals surface area contributed by atoms with E-state index in [4.69, 9.17) is 21.4 Å². The number of pyridine rings is 1. The van der Waals surface area contributed by atoms with Crippen LogP contribution in [0.25, 0.3) is 17.1 Å². The van der Waals surface area contributed by atoms with Crippen LogP contribution >= 0.6 is 11.6 Å². The molecule has 0 bridgehead atoms. The number of carboxylic acid groups (broad SMARTS) is 1. The van der Waals surface area contributed by atoms with Crippen LogP contribution in [0.15, 0.2) is 66.9 Å². The van der Waals surface area contributed by atoms with Gasteiger partial charge in [-0.25, -0.2) is 14.5 Å². The summed E-state index contributed by atoms with van der Waals surface area (Å²) in [7, 11) is 0. The summed E-state index contributed by atoms with van der Waals surface area (Å²) >= 11 is 6.22. The van der Waals surface area contributed by atoms with E-state index in [-0.39, 0.29) is 36.9 Å². The lowest BCUT2D eigenvalue weighted by molar-refractivity contribution is -0.182. The molecule has 0 amide bonds. The molecule has 1 fully saturated rings. The minimum Gasteiger partial charge on any atom is -0.488 e. The molecule has 0 radical (unpaired) electrons. The number of ether oxygens (including phenoxy) is 2. The van der Waals surface area contributed by atoms with Gasteiger partial charge in [-0.1, -0.05) is 41.9 Å². The second-order valence-electron chi connectivity index (χ2n) is 10.3. The van der Waals surface area contributed by atoms with Crippen molar-refractivity contribution >= 4 is 17.8 Å². The fourth-order valence-corrected chi connectivity index (χ4v) is 5.43. The molecular formula is C30H24ClF6N3O4. The first-order chi connectivity index (χ1) is 20.8. The molecule has 2 aromatic heterocycles. The third-order valence-corrected chi connectivity index (χ3v) is 7.64. The molecule has 1 aliphatic rings. The summed E-state index contributed by atoms with van der Waals surface area (Å²) in [5.41, 5.74) is 0.882. The zero-order valence-electron chi connectivity index (χ0n) is 22.7. The predicted molar refractivity (Wildman–Crippen MR) is 147 cm³/mol. The molecule has 0 aliphatic heterocycles. The maximum absolute atomic E-state index is 13.8. The zero-order valence-corrected chi connectivity index (χ0v) is 23.5. The third kappa shape index (κ3) is 7.09. The van der Waals surface area contributed by atoms with Gasteiger partial charge in [0.1, 0.15) is 12.4 Å². The Kier molecular flexibility index (Phi) is 8.78. The highest BCUT2D eigenvalue weighted by Gasteiger charge is 2.42. The Morgan fingerprint density at radius 1 is 0.955 bits per heavy atom. The number of hydrogen-bond donors (Lipinski definition) is 1. The van der Waals surface area contributed by atoms with Gasteiger partial charge in [0.25, 0.3) is 0 Å². The van der Waals surface area contributed by atoms with Gasteiger partial charge in [0.05, 0.1) is 17.8 Å². The summed E-state index contributed by atoms with van der Waals surface area (Å²) < 4.78 is 91.2. The highest BCUT2D eigenvalue weighted by molar-refractivity contribution is 6.31. The molecule has 0 unspecified atom stereocenters. The largest absolute Gasteiger partial charge is 0.511 e. The van der Waals surface area contributed by atoms with Crippen LogP contribution in [-0.2, 0) is 12.8 Å². The minimum atomic E-state index is -5.01. The first-order valence-electron chi connectivity index (χ1n) is 13.4. The van der Waals surface area contributed by atoms with Gasteiger partial charge in [-0.15, -0.1) is 0 Å². The van der Waals surface area contributed by atoms with E-state index in [1.165, 1.54) is 24.3 Å².